The van der Waals surface area contributed by atoms with Gasteiger partial charge in [-0.3, -0.25) is 4.79 Å². The van der Waals surface area contributed by atoms with Crippen LogP contribution in [0.4, 0.5) is 5.69 Å². The maximum absolute atomic E-state index is 12.3. The van der Waals surface area contributed by atoms with Crippen molar-refractivity contribution in [1.29, 1.82) is 0 Å². The molecule has 0 aliphatic carbocycles. The zero-order valence-corrected chi connectivity index (χ0v) is 17.8. The molecule has 6 heteroatoms. The number of amides is 1. The second-order valence-electron chi connectivity index (χ2n) is 7.21. The highest BCUT2D eigenvalue weighted by Crippen LogP contribution is 2.33. The van der Waals surface area contributed by atoms with E-state index >= 15 is 0 Å². The van der Waals surface area contributed by atoms with E-state index in [1.54, 1.807) is 25.1 Å². The molecule has 0 atom stereocenters. The zero-order valence-electron chi connectivity index (χ0n) is 17.1. The summed E-state index contributed by atoms with van der Waals surface area (Å²) in [5.74, 6) is 0.150. The molecule has 1 amide bonds. The Hall–Kier alpha value is -3.57. The van der Waals surface area contributed by atoms with Gasteiger partial charge in [0.2, 0.25) is 0 Å². The lowest BCUT2D eigenvalue weighted by Crippen LogP contribution is -2.20. The minimum atomic E-state index is -0.444. The van der Waals surface area contributed by atoms with Gasteiger partial charge in [-0.25, -0.2) is 4.79 Å². The van der Waals surface area contributed by atoms with Gasteiger partial charge in [-0.1, -0.05) is 48.0 Å². The fourth-order valence-corrected chi connectivity index (χ4v) is 3.55. The minimum Gasteiger partial charge on any atom is -0.483 e. The maximum Gasteiger partial charge on any atom is 0.336 e. The first-order valence-corrected chi connectivity index (χ1v) is 10.1. The van der Waals surface area contributed by atoms with Gasteiger partial charge >= 0.3 is 5.63 Å². The molecule has 0 aliphatic rings. The second kappa shape index (κ2) is 8.66. The molecular weight excluding hydrogens is 414 g/mol. The van der Waals surface area contributed by atoms with Crippen molar-refractivity contribution < 1.29 is 13.9 Å². The predicted molar refractivity (Wildman–Crippen MR) is 123 cm³/mol. The van der Waals surface area contributed by atoms with Crippen LogP contribution in [0, 0.1) is 13.8 Å². The van der Waals surface area contributed by atoms with Crippen molar-refractivity contribution >= 4 is 34.2 Å². The Balaban J connectivity index is 1.57. The average molecular weight is 434 g/mol. The van der Waals surface area contributed by atoms with Crippen LogP contribution in [-0.4, -0.2) is 12.5 Å². The molecule has 1 heterocycles. The van der Waals surface area contributed by atoms with Crippen LogP contribution in [0.15, 0.2) is 75.9 Å². The number of nitrogens with one attached hydrogen (secondary N) is 1. The van der Waals surface area contributed by atoms with Crippen molar-refractivity contribution in [1.82, 2.24) is 0 Å². The number of hydrogen-bond acceptors (Lipinski definition) is 4. The number of carbonyl (C=O) groups excluding carboxylic acids is 1. The number of halogens is 1. The molecule has 0 saturated carbocycles. The van der Waals surface area contributed by atoms with E-state index in [0.29, 0.717) is 27.6 Å². The Labute approximate surface area is 184 Å². The highest BCUT2D eigenvalue weighted by Gasteiger charge is 2.14. The Morgan fingerprint density at radius 2 is 1.81 bits per heavy atom. The number of rotatable bonds is 5. The summed E-state index contributed by atoms with van der Waals surface area (Å²) in [5, 5.41) is 4.13. The molecule has 0 saturated heterocycles. The molecule has 0 spiro atoms. The van der Waals surface area contributed by atoms with Crippen LogP contribution in [0.1, 0.15) is 11.1 Å². The standard InChI is InChI=1S/C25H20ClNO4/c1-15-8-9-18(12-21(15)26)27-23(28)14-30-22-11-10-19-20(17-6-4-3-5-7-17)13-24(29)31-25(19)16(22)2/h3-13H,14H2,1-2H3,(H,27,28). The summed E-state index contributed by atoms with van der Waals surface area (Å²) in [6, 6.07) is 20.0. The van der Waals surface area contributed by atoms with E-state index < -0.39 is 5.63 Å². The molecule has 0 aliphatic heterocycles. The zero-order chi connectivity index (χ0) is 22.0. The smallest absolute Gasteiger partial charge is 0.336 e. The summed E-state index contributed by atoms with van der Waals surface area (Å²) < 4.78 is 11.2. The van der Waals surface area contributed by atoms with Crippen molar-refractivity contribution in [2.45, 2.75) is 13.8 Å². The van der Waals surface area contributed by atoms with Crippen LogP contribution < -0.4 is 15.7 Å². The lowest BCUT2D eigenvalue weighted by Gasteiger charge is -2.13. The third-order valence-corrected chi connectivity index (χ3v) is 5.42. The van der Waals surface area contributed by atoms with Gasteiger partial charge in [0, 0.05) is 27.7 Å². The van der Waals surface area contributed by atoms with E-state index in [1.807, 2.05) is 49.4 Å². The maximum atomic E-state index is 12.3. The Bertz CT molecular complexity index is 1330. The number of ether oxygens (including phenoxy) is 1. The van der Waals surface area contributed by atoms with Crippen LogP contribution >= 0.6 is 11.6 Å². The Morgan fingerprint density at radius 1 is 1.03 bits per heavy atom. The van der Waals surface area contributed by atoms with E-state index in [0.717, 1.165) is 22.1 Å². The van der Waals surface area contributed by atoms with Crippen molar-refractivity contribution in [3.63, 3.8) is 0 Å². The SMILES string of the molecule is Cc1ccc(NC(=O)COc2ccc3c(-c4ccccc4)cc(=O)oc3c2C)cc1Cl. The van der Waals surface area contributed by atoms with Gasteiger partial charge in [-0.15, -0.1) is 0 Å². The largest absolute Gasteiger partial charge is 0.483 e. The topological polar surface area (TPSA) is 68.5 Å². The predicted octanol–water partition coefficient (Wildman–Crippen LogP) is 5.75. The van der Waals surface area contributed by atoms with Crippen LogP contribution in [0.3, 0.4) is 0 Å². The molecule has 4 rings (SSSR count). The molecule has 1 aromatic heterocycles. The van der Waals surface area contributed by atoms with E-state index in [4.69, 9.17) is 20.8 Å². The molecular formula is C25H20ClNO4. The van der Waals surface area contributed by atoms with Gasteiger partial charge in [0.25, 0.3) is 5.91 Å². The molecule has 0 unspecified atom stereocenters. The number of hydrogen-bond donors (Lipinski definition) is 1. The number of carbonyl (C=O) groups is 1. The number of aryl methyl sites for hydroxylation is 2. The van der Waals surface area contributed by atoms with Gasteiger partial charge in [0.05, 0.1) is 0 Å². The average Bonchev–Trinajstić information content (AvgIpc) is 2.76. The molecule has 0 radical (unpaired) electrons. The number of anilines is 1. The Kier molecular flexibility index (Phi) is 5.78. The molecule has 31 heavy (non-hydrogen) atoms. The van der Waals surface area contributed by atoms with Gasteiger partial charge in [-0.05, 0) is 54.8 Å². The van der Waals surface area contributed by atoms with Gasteiger partial charge in [0.15, 0.2) is 6.61 Å². The fourth-order valence-electron chi connectivity index (χ4n) is 3.37. The van der Waals surface area contributed by atoms with Crippen molar-refractivity contribution in [2.75, 3.05) is 11.9 Å². The third-order valence-electron chi connectivity index (χ3n) is 5.01. The molecule has 3 aromatic carbocycles. The van der Waals surface area contributed by atoms with Crippen LogP contribution in [-0.2, 0) is 4.79 Å². The molecule has 5 nitrogen and oxygen atoms in total. The van der Waals surface area contributed by atoms with Crippen molar-refractivity contribution in [2.24, 2.45) is 0 Å². The monoisotopic (exact) mass is 433 g/mol. The molecule has 0 fully saturated rings. The second-order valence-corrected chi connectivity index (χ2v) is 7.62. The van der Waals surface area contributed by atoms with Gasteiger partial charge in [-0.2, -0.15) is 0 Å². The fraction of sp³-hybridized carbons (Fsp3) is 0.120. The highest BCUT2D eigenvalue weighted by molar-refractivity contribution is 6.31. The first kappa shape index (κ1) is 20.7. The van der Waals surface area contributed by atoms with E-state index in [-0.39, 0.29) is 12.5 Å². The Morgan fingerprint density at radius 3 is 2.55 bits per heavy atom. The highest BCUT2D eigenvalue weighted by atomic mass is 35.5. The summed E-state index contributed by atoms with van der Waals surface area (Å²) in [6.45, 7) is 3.49. The molecule has 1 N–H and O–H groups in total. The molecule has 156 valence electrons. The summed E-state index contributed by atoms with van der Waals surface area (Å²) in [4.78, 5) is 24.5. The quantitative estimate of drug-likeness (QED) is 0.407. The summed E-state index contributed by atoms with van der Waals surface area (Å²) >= 11 is 6.10. The summed E-state index contributed by atoms with van der Waals surface area (Å²) in [5.41, 5.74) is 3.88. The van der Waals surface area contributed by atoms with Gasteiger partial charge in [0.1, 0.15) is 11.3 Å². The first-order valence-electron chi connectivity index (χ1n) is 9.74. The normalized spacial score (nSPS) is 10.8. The van der Waals surface area contributed by atoms with Crippen LogP contribution in [0.25, 0.3) is 22.1 Å². The van der Waals surface area contributed by atoms with Gasteiger partial charge < -0.3 is 14.5 Å². The number of fused-ring (bicyclic) bond motifs is 1. The van der Waals surface area contributed by atoms with Crippen molar-refractivity contribution in [3.8, 4) is 16.9 Å². The van der Waals surface area contributed by atoms with E-state index in [2.05, 4.69) is 5.32 Å². The van der Waals surface area contributed by atoms with E-state index in [1.165, 1.54) is 6.07 Å². The molecule has 4 aromatic rings. The first-order chi connectivity index (χ1) is 14.9. The minimum absolute atomic E-state index is 0.194. The number of benzene rings is 3. The molecule has 0 bridgehead atoms. The summed E-state index contributed by atoms with van der Waals surface area (Å²) in [7, 11) is 0. The third kappa shape index (κ3) is 4.47. The lowest BCUT2D eigenvalue weighted by atomic mass is 10.0. The van der Waals surface area contributed by atoms with Crippen LogP contribution in [0.2, 0.25) is 5.02 Å². The van der Waals surface area contributed by atoms with Crippen LogP contribution in [0.5, 0.6) is 5.75 Å². The lowest BCUT2D eigenvalue weighted by molar-refractivity contribution is -0.118. The van der Waals surface area contributed by atoms with Crippen molar-refractivity contribution in [3.05, 3.63) is 93.3 Å². The van der Waals surface area contributed by atoms with E-state index in [9.17, 15) is 9.59 Å². The summed E-state index contributed by atoms with van der Waals surface area (Å²) in [6.07, 6.45) is 0.